The summed E-state index contributed by atoms with van der Waals surface area (Å²) in [4.78, 5) is 25.2. The molecule has 1 saturated heterocycles. The minimum atomic E-state index is -0.538. The number of carbonyl (C=O) groups excluding carboxylic acids is 2. The minimum absolute atomic E-state index is 0.110. The second-order valence-electron chi connectivity index (χ2n) is 7.94. The van der Waals surface area contributed by atoms with Crippen LogP contribution >= 0.6 is 11.6 Å². The maximum atomic E-state index is 12.7. The number of amides is 2. The molecule has 3 N–H and O–H groups in total. The lowest BCUT2D eigenvalue weighted by atomic mass is 9.81. The molecule has 0 saturated carbocycles. The molecule has 2 rings (SSSR count). The molecule has 1 atom stereocenters. The molecular weight excluding hydrogens is 350 g/mol. The third-order valence-corrected chi connectivity index (χ3v) is 5.19. The summed E-state index contributed by atoms with van der Waals surface area (Å²) in [6, 6.07) is 6.14. The maximum Gasteiger partial charge on any atom is 0.251 e. The first-order valence-corrected chi connectivity index (χ1v) is 9.72. The summed E-state index contributed by atoms with van der Waals surface area (Å²) in [7, 11) is 0. The summed E-state index contributed by atoms with van der Waals surface area (Å²) in [6.45, 7) is 8.90. The Labute approximate surface area is 161 Å². The molecule has 0 spiro atoms. The van der Waals surface area contributed by atoms with Gasteiger partial charge in [-0.25, -0.2) is 0 Å². The zero-order chi connectivity index (χ0) is 19.2. The summed E-state index contributed by atoms with van der Waals surface area (Å²) in [5, 5.41) is 9.86. The molecular formula is C20H30ClN3O2. The summed E-state index contributed by atoms with van der Waals surface area (Å²) in [5.41, 5.74) is 0.616. The fourth-order valence-corrected chi connectivity index (χ4v) is 3.30. The number of piperidine rings is 1. The van der Waals surface area contributed by atoms with E-state index in [2.05, 4.69) is 22.9 Å². The molecule has 2 amide bonds. The minimum Gasteiger partial charge on any atom is -0.354 e. The smallest absolute Gasteiger partial charge is 0.251 e. The van der Waals surface area contributed by atoms with Crippen molar-refractivity contribution in [3.63, 3.8) is 0 Å². The number of rotatable bonds is 7. The summed E-state index contributed by atoms with van der Waals surface area (Å²) >= 11 is 5.87. The van der Waals surface area contributed by atoms with Gasteiger partial charge in [0.15, 0.2) is 0 Å². The molecule has 144 valence electrons. The highest BCUT2D eigenvalue weighted by Crippen LogP contribution is 2.26. The van der Waals surface area contributed by atoms with Crippen LogP contribution in [-0.2, 0) is 4.79 Å². The Kier molecular flexibility index (Phi) is 7.47. The zero-order valence-electron chi connectivity index (χ0n) is 15.9. The van der Waals surface area contributed by atoms with Crippen molar-refractivity contribution in [2.24, 2.45) is 11.3 Å². The monoisotopic (exact) mass is 379 g/mol. The van der Waals surface area contributed by atoms with Crippen molar-refractivity contribution < 1.29 is 9.59 Å². The Morgan fingerprint density at radius 3 is 2.38 bits per heavy atom. The average molecular weight is 380 g/mol. The predicted octanol–water partition coefficient (Wildman–Crippen LogP) is 2.99. The van der Waals surface area contributed by atoms with Gasteiger partial charge >= 0.3 is 0 Å². The SMILES string of the molecule is CC(C)CC(NC(=O)c1ccc(Cl)cc1)C(=O)NCC1(C)CCNCC1. The summed E-state index contributed by atoms with van der Waals surface area (Å²) in [6.07, 6.45) is 2.68. The van der Waals surface area contributed by atoms with Gasteiger partial charge in [0.25, 0.3) is 5.91 Å². The second kappa shape index (κ2) is 9.38. The Hall–Kier alpha value is -1.59. The summed E-state index contributed by atoms with van der Waals surface area (Å²) < 4.78 is 0. The van der Waals surface area contributed by atoms with Gasteiger partial charge in [-0.15, -0.1) is 0 Å². The molecule has 0 aliphatic carbocycles. The van der Waals surface area contributed by atoms with Gasteiger partial charge < -0.3 is 16.0 Å². The summed E-state index contributed by atoms with van der Waals surface area (Å²) in [5.74, 6) is -0.0675. The van der Waals surface area contributed by atoms with Crippen LogP contribution in [-0.4, -0.2) is 37.5 Å². The largest absolute Gasteiger partial charge is 0.354 e. The van der Waals surface area contributed by atoms with Crippen LogP contribution in [0.1, 0.15) is 50.4 Å². The Morgan fingerprint density at radius 1 is 1.19 bits per heavy atom. The Morgan fingerprint density at radius 2 is 1.81 bits per heavy atom. The number of halogens is 1. The van der Waals surface area contributed by atoms with E-state index in [0.717, 1.165) is 25.9 Å². The molecule has 26 heavy (non-hydrogen) atoms. The van der Waals surface area contributed by atoms with Crippen LogP contribution in [0.4, 0.5) is 0 Å². The normalized spacial score (nSPS) is 17.6. The first-order chi connectivity index (χ1) is 12.3. The van der Waals surface area contributed by atoms with E-state index in [-0.39, 0.29) is 17.2 Å². The van der Waals surface area contributed by atoms with Crippen molar-refractivity contribution in [3.8, 4) is 0 Å². The van der Waals surface area contributed by atoms with Crippen LogP contribution in [0.25, 0.3) is 0 Å². The number of nitrogens with one attached hydrogen (secondary N) is 3. The van der Waals surface area contributed by atoms with Crippen LogP contribution in [0.3, 0.4) is 0 Å². The first kappa shape index (κ1) is 20.7. The van der Waals surface area contributed by atoms with E-state index in [1.54, 1.807) is 24.3 Å². The van der Waals surface area contributed by atoms with Crippen molar-refractivity contribution >= 4 is 23.4 Å². The number of benzene rings is 1. The Bertz CT molecular complexity index is 610. The zero-order valence-corrected chi connectivity index (χ0v) is 16.7. The molecule has 0 radical (unpaired) electrons. The van der Waals surface area contributed by atoms with Gasteiger partial charge in [-0.1, -0.05) is 32.4 Å². The number of hydrogen-bond acceptors (Lipinski definition) is 3. The fourth-order valence-electron chi connectivity index (χ4n) is 3.18. The lowest BCUT2D eigenvalue weighted by Crippen LogP contribution is -2.50. The van der Waals surface area contributed by atoms with E-state index in [1.807, 2.05) is 13.8 Å². The average Bonchev–Trinajstić information content (AvgIpc) is 2.60. The number of carbonyl (C=O) groups is 2. The number of hydrogen-bond donors (Lipinski definition) is 3. The van der Waals surface area contributed by atoms with Crippen molar-refractivity contribution in [2.45, 2.75) is 46.1 Å². The molecule has 1 fully saturated rings. The van der Waals surface area contributed by atoms with Gasteiger partial charge in [0, 0.05) is 17.1 Å². The van der Waals surface area contributed by atoms with E-state index in [9.17, 15) is 9.59 Å². The highest BCUT2D eigenvalue weighted by molar-refractivity contribution is 6.30. The van der Waals surface area contributed by atoms with Gasteiger partial charge in [0.1, 0.15) is 6.04 Å². The molecule has 1 heterocycles. The third-order valence-electron chi connectivity index (χ3n) is 4.94. The molecule has 1 aliphatic rings. The quantitative estimate of drug-likeness (QED) is 0.682. The topological polar surface area (TPSA) is 70.2 Å². The standard InChI is InChI=1S/C20H30ClN3O2/c1-14(2)12-17(24-18(25)15-4-6-16(21)7-5-15)19(26)23-13-20(3)8-10-22-11-9-20/h4-7,14,17,22H,8-13H2,1-3H3,(H,23,26)(H,24,25). The van der Waals surface area contributed by atoms with Crippen LogP contribution < -0.4 is 16.0 Å². The molecule has 0 aromatic heterocycles. The molecule has 1 aromatic rings. The van der Waals surface area contributed by atoms with Crippen LogP contribution in [0.15, 0.2) is 24.3 Å². The molecule has 1 unspecified atom stereocenters. The van der Waals surface area contributed by atoms with Crippen LogP contribution in [0.5, 0.6) is 0 Å². The molecule has 5 nitrogen and oxygen atoms in total. The van der Waals surface area contributed by atoms with Gasteiger partial charge in [-0.3, -0.25) is 9.59 Å². The lowest BCUT2D eigenvalue weighted by Gasteiger charge is -2.34. The fraction of sp³-hybridized carbons (Fsp3) is 0.600. The molecule has 0 bridgehead atoms. The third kappa shape index (κ3) is 6.29. The van der Waals surface area contributed by atoms with E-state index >= 15 is 0 Å². The van der Waals surface area contributed by atoms with Crippen LogP contribution in [0.2, 0.25) is 5.02 Å². The van der Waals surface area contributed by atoms with Gasteiger partial charge in [-0.05, 0) is 68.0 Å². The van der Waals surface area contributed by atoms with Crippen molar-refractivity contribution in [3.05, 3.63) is 34.9 Å². The molecule has 1 aliphatic heterocycles. The molecule has 6 heteroatoms. The predicted molar refractivity (Wildman–Crippen MR) is 105 cm³/mol. The van der Waals surface area contributed by atoms with E-state index in [4.69, 9.17) is 11.6 Å². The van der Waals surface area contributed by atoms with E-state index < -0.39 is 6.04 Å². The van der Waals surface area contributed by atoms with Gasteiger partial charge in [-0.2, -0.15) is 0 Å². The van der Waals surface area contributed by atoms with Crippen molar-refractivity contribution in [1.82, 2.24) is 16.0 Å². The highest BCUT2D eigenvalue weighted by atomic mass is 35.5. The van der Waals surface area contributed by atoms with E-state index in [0.29, 0.717) is 29.5 Å². The van der Waals surface area contributed by atoms with Crippen molar-refractivity contribution in [2.75, 3.05) is 19.6 Å². The maximum absolute atomic E-state index is 12.7. The second-order valence-corrected chi connectivity index (χ2v) is 8.38. The lowest BCUT2D eigenvalue weighted by molar-refractivity contribution is -0.123. The molecule has 1 aromatic carbocycles. The van der Waals surface area contributed by atoms with E-state index in [1.165, 1.54) is 0 Å². The Balaban J connectivity index is 1.97. The van der Waals surface area contributed by atoms with Gasteiger partial charge in [0.2, 0.25) is 5.91 Å². The van der Waals surface area contributed by atoms with Crippen LogP contribution in [0, 0.1) is 11.3 Å². The van der Waals surface area contributed by atoms with Crippen molar-refractivity contribution in [1.29, 1.82) is 0 Å². The first-order valence-electron chi connectivity index (χ1n) is 9.34. The van der Waals surface area contributed by atoms with Gasteiger partial charge in [0.05, 0.1) is 0 Å². The highest BCUT2D eigenvalue weighted by Gasteiger charge is 2.29.